The van der Waals surface area contributed by atoms with Gasteiger partial charge >= 0.3 is 6.09 Å². The van der Waals surface area contributed by atoms with Crippen LogP contribution in [-0.2, 0) is 9.53 Å². The summed E-state index contributed by atoms with van der Waals surface area (Å²) in [5, 5.41) is 2.57. The molecule has 10 nitrogen and oxygen atoms in total. The predicted molar refractivity (Wildman–Crippen MR) is 128 cm³/mol. The van der Waals surface area contributed by atoms with Crippen molar-refractivity contribution >= 4 is 29.7 Å². The van der Waals surface area contributed by atoms with Gasteiger partial charge in [-0.05, 0) is 44.9 Å². The summed E-state index contributed by atoms with van der Waals surface area (Å²) in [6.45, 7) is 11.1. The number of nitrogens with zero attached hydrogens (tertiary/aromatic N) is 3. The summed E-state index contributed by atoms with van der Waals surface area (Å²) in [4.78, 5) is 67.0. The number of amides is 5. The number of alkyl carbamates (subject to hydrolysis) is 1. The lowest BCUT2D eigenvalue weighted by Gasteiger charge is -2.35. The Hall–Kier alpha value is -3.43. The van der Waals surface area contributed by atoms with Crippen molar-refractivity contribution in [2.24, 2.45) is 5.92 Å². The molecule has 0 aliphatic carbocycles. The molecule has 35 heavy (non-hydrogen) atoms. The lowest BCUT2D eigenvalue weighted by atomic mass is 10.0. The largest absolute Gasteiger partial charge is 0.444 e. The van der Waals surface area contributed by atoms with Crippen molar-refractivity contribution in [3.63, 3.8) is 0 Å². The van der Waals surface area contributed by atoms with Crippen molar-refractivity contribution in [1.29, 1.82) is 0 Å². The summed E-state index contributed by atoms with van der Waals surface area (Å²) in [5.74, 6) is -0.908. The van der Waals surface area contributed by atoms with Gasteiger partial charge in [-0.2, -0.15) is 0 Å². The number of carbonyl (C=O) groups is 5. The molecule has 0 spiro atoms. The minimum atomic E-state index is -0.605. The van der Waals surface area contributed by atoms with E-state index < -0.39 is 11.7 Å². The van der Waals surface area contributed by atoms with Crippen molar-refractivity contribution in [2.45, 2.75) is 46.6 Å². The molecule has 1 N–H and O–H groups in total. The van der Waals surface area contributed by atoms with Gasteiger partial charge in [0, 0.05) is 51.3 Å². The van der Waals surface area contributed by atoms with Crippen molar-refractivity contribution in [2.75, 3.05) is 39.3 Å². The van der Waals surface area contributed by atoms with Crippen molar-refractivity contribution in [3.8, 4) is 0 Å². The van der Waals surface area contributed by atoms with Gasteiger partial charge in [-0.3, -0.25) is 24.1 Å². The van der Waals surface area contributed by atoms with Crippen LogP contribution in [0.5, 0.6) is 0 Å². The van der Waals surface area contributed by atoms with E-state index in [1.54, 1.807) is 42.7 Å². The van der Waals surface area contributed by atoms with Gasteiger partial charge in [0.2, 0.25) is 5.91 Å². The second kappa shape index (κ2) is 10.5. The van der Waals surface area contributed by atoms with Crippen molar-refractivity contribution < 1.29 is 28.7 Å². The quantitative estimate of drug-likeness (QED) is 0.616. The van der Waals surface area contributed by atoms with Gasteiger partial charge in [0.05, 0.1) is 11.1 Å². The standard InChI is InChI=1S/C25H34N4O6/c1-16(2)15-29-22(32)18-7-6-17(14-19(18)23(29)33)21(31)28-12-10-27(11-13-28)20(30)8-9-26-24(34)35-25(3,4)5/h6-7,14,16H,8-13,15H2,1-5H3,(H,26,34). The van der Waals surface area contributed by atoms with Crippen molar-refractivity contribution in [1.82, 2.24) is 20.0 Å². The highest BCUT2D eigenvalue weighted by Crippen LogP contribution is 2.25. The molecule has 10 heteroatoms. The summed E-state index contributed by atoms with van der Waals surface area (Å²) in [6.07, 6.45) is -0.427. The number of piperazine rings is 1. The zero-order chi connectivity index (χ0) is 25.9. The molecule has 0 unspecified atom stereocenters. The molecular weight excluding hydrogens is 452 g/mol. The molecule has 3 rings (SSSR count). The fourth-order valence-electron chi connectivity index (χ4n) is 4.04. The van der Waals surface area contributed by atoms with Gasteiger partial charge in [-0.1, -0.05) is 13.8 Å². The molecule has 2 heterocycles. The van der Waals surface area contributed by atoms with E-state index in [9.17, 15) is 24.0 Å². The minimum Gasteiger partial charge on any atom is -0.444 e. The van der Waals surface area contributed by atoms with Crippen LogP contribution in [0.2, 0.25) is 0 Å². The van der Waals surface area contributed by atoms with Crippen LogP contribution in [-0.4, -0.2) is 89.3 Å². The van der Waals surface area contributed by atoms with Crippen LogP contribution in [0, 0.1) is 5.92 Å². The molecule has 1 saturated heterocycles. The van der Waals surface area contributed by atoms with Gasteiger partial charge in [-0.25, -0.2) is 4.79 Å². The topological polar surface area (TPSA) is 116 Å². The Morgan fingerprint density at radius 3 is 2.17 bits per heavy atom. The monoisotopic (exact) mass is 486 g/mol. The number of hydrogen-bond acceptors (Lipinski definition) is 6. The molecule has 0 aromatic heterocycles. The van der Waals surface area contributed by atoms with E-state index in [4.69, 9.17) is 4.74 Å². The zero-order valence-corrected chi connectivity index (χ0v) is 21.1. The average molecular weight is 487 g/mol. The van der Waals surface area contributed by atoms with Crippen LogP contribution >= 0.6 is 0 Å². The van der Waals surface area contributed by atoms with Crippen LogP contribution in [0.4, 0.5) is 4.79 Å². The fraction of sp³-hybridized carbons (Fsp3) is 0.560. The van der Waals surface area contributed by atoms with E-state index in [2.05, 4.69) is 5.32 Å². The smallest absolute Gasteiger partial charge is 0.407 e. The van der Waals surface area contributed by atoms with Crippen LogP contribution in [0.25, 0.3) is 0 Å². The molecule has 1 fully saturated rings. The molecule has 0 radical (unpaired) electrons. The number of hydrogen-bond donors (Lipinski definition) is 1. The second-order valence-corrected chi connectivity index (χ2v) is 10.2. The Labute approximate surface area is 205 Å². The maximum atomic E-state index is 13.0. The van der Waals surface area contributed by atoms with E-state index in [0.29, 0.717) is 43.9 Å². The normalized spacial score (nSPS) is 16.0. The van der Waals surface area contributed by atoms with Gasteiger partial charge in [0.15, 0.2) is 0 Å². The number of nitrogens with one attached hydrogen (secondary N) is 1. The first-order valence-corrected chi connectivity index (χ1v) is 11.9. The van der Waals surface area contributed by atoms with Gasteiger partial charge in [0.25, 0.3) is 17.7 Å². The number of carbonyl (C=O) groups excluding carboxylic acids is 5. The molecule has 1 aromatic rings. The Bertz CT molecular complexity index is 1020. The molecule has 0 bridgehead atoms. The highest BCUT2D eigenvalue weighted by Gasteiger charge is 2.36. The van der Waals surface area contributed by atoms with Gasteiger partial charge in [0.1, 0.15) is 5.60 Å². The number of ether oxygens (including phenoxy) is 1. The van der Waals surface area contributed by atoms with E-state index in [0.717, 1.165) is 0 Å². The van der Waals surface area contributed by atoms with E-state index in [-0.39, 0.29) is 48.1 Å². The third kappa shape index (κ3) is 6.37. The minimum absolute atomic E-state index is 0.111. The number of benzene rings is 1. The summed E-state index contributed by atoms with van der Waals surface area (Å²) in [7, 11) is 0. The van der Waals surface area contributed by atoms with Gasteiger partial charge in [-0.15, -0.1) is 0 Å². The Balaban J connectivity index is 1.52. The molecule has 2 aliphatic rings. The SMILES string of the molecule is CC(C)CN1C(=O)c2ccc(C(=O)N3CCN(C(=O)CCNC(=O)OC(C)(C)C)CC3)cc2C1=O. The lowest BCUT2D eigenvalue weighted by Crippen LogP contribution is -2.51. The summed E-state index contributed by atoms with van der Waals surface area (Å²) < 4.78 is 5.15. The number of rotatable bonds is 6. The molecule has 1 aromatic carbocycles. The van der Waals surface area contributed by atoms with Crippen LogP contribution < -0.4 is 5.32 Å². The summed E-state index contributed by atoms with van der Waals surface area (Å²) in [5.41, 5.74) is 0.319. The Kier molecular flexibility index (Phi) is 7.82. The van der Waals surface area contributed by atoms with Crippen LogP contribution in [0.1, 0.15) is 72.1 Å². The number of fused-ring (bicyclic) bond motifs is 1. The third-order valence-electron chi connectivity index (χ3n) is 5.69. The first-order chi connectivity index (χ1) is 16.4. The highest BCUT2D eigenvalue weighted by molar-refractivity contribution is 6.22. The highest BCUT2D eigenvalue weighted by atomic mass is 16.6. The maximum Gasteiger partial charge on any atom is 0.407 e. The second-order valence-electron chi connectivity index (χ2n) is 10.2. The first kappa shape index (κ1) is 26.2. The Morgan fingerprint density at radius 1 is 0.971 bits per heavy atom. The molecule has 5 amide bonds. The summed E-state index contributed by atoms with van der Waals surface area (Å²) in [6, 6.07) is 4.61. The van der Waals surface area contributed by atoms with Crippen LogP contribution in [0.3, 0.4) is 0 Å². The van der Waals surface area contributed by atoms with Gasteiger partial charge < -0.3 is 19.9 Å². The van der Waals surface area contributed by atoms with Crippen molar-refractivity contribution in [3.05, 3.63) is 34.9 Å². The molecule has 190 valence electrons. The molecule has 0 atom stereocenters. The lowest BCUT2D eigenvalue weighted by molar-refractivity contribution is -0.132. The first-order valence-electron chi connectivity index (χ1n) is 11.9. The Morgan fingerprint density at radius 2 is 1.57 bits per heavy atom. The summed E-state index contributed by atoms with van der Waals surface area (Å²) >= 11 is 0. The molecule has 2 aliphatic heterocycles. The van der Waals surface area contributed by atoms with E-state index >= 15 is 0 Å². The third-order valence-corrected chi connectivity index (χ3v) is 5.69. The van der Waals surface area contributed by atoms with Crippen LogP contribution in [0.15, 0.2) is 18.2 Å². The maximum absolute atomic E-state index is 13.0. The zero-order valence-electron chi connectivity index (χ0n) is 21.1. The fourth-order valence-corrected chi connectivity index (χ4v) is 4.04. The van der Waals surface area contributed by atoms with E-state index in [1.165, 1.54) is 11.0 Å². The predicted octanol–water partition coefficient (Wildman–Crippen LogP) is 2.14. The van der Waals surface area contributed by atoms with E-state index in [1.807, 2.05) is 13.8 Å². The number of imide groups is 1. The molecule has 0 saturated carbocycles. The molecular formula is C25H34N4O6. The average Bonchev–Trinajstić information content (AvgIpc) is 3.01.